The maximum absolute atomic E-state index is 11.6. The van der Waals surface area contributed by atoms with Gasteiger partial charge in [-0.1, -0.05) is 12.6 Å². The Labute approximate surface area is 104 Å². The fourth-order valence-corrected chi connectivity index (χ4v) is 1.12. The van der Waals surface area contributed by atoms with E-state index in [1.807, 2.05) is 0 Å². The standard InChI is InChI=1S/C13H12O5/c1-8(2)11(14)18-13(16)10-6-4-5-9(7-10)12(15)17-3/h4-7H,1H2,2-3H3. The van der Waals surface area contributed by atoms with E-state index in [1.54, 1.807) is 0 Å². The first-order valence-electron chi connectivity index (χ1n) is 5.06. The second kappa shape index (κ2) is 5.77. The summed E-state index contributed by atoms with van der Waals surface area (Å²) >= 11 is 0. The van der Waals surface area contributed by atoms with Crippen LogP contribution in [0.15, 0.2) is 36.4 Å². The van der Waals surface area contributed by atoms with Gasteiger partial charge in [0.25, 0.3) is 0 Å². The number of methoxy groups -OCH3 is 1. The highest BCUT2D eigenvalue weighted by Gasteiger charge is 2.15. The quantitative estimate of drug-likeness (QED) is 0.463. The van der Waals surface area contributed by atoms with Crippen molar-refractivity contribution >= 4 is 17.9 Å². The van der Waals surface area contributed by atoms with E-state index in [-0.39, 0.29) is 16.7 Å². The second-order valence-corrected chi connectivity index (χ2v) is 3.53. The van der Waals surface area contributed by atoms with Crippen LogP contribution in [-0.4, -0.2) is 25.0 Å². The summed E-state index contributed by atoms with van der Waals surface area (Å²) in [5.41, 5.74) is 0.412. The van der Waals surface area contributed by atoms with Gasteiger partial charge < -0.3 is 9.47 Å². The van der Waals surface area contributed by atoms with Gasteiger partial charge in [0.15, 0.2) is 0 Å². The molecule has 18 heavy (non-hydrogen) atoms. The zero-order chi connectivity index (χ0) is 13.7. The molecule has 0 unspecified atom stereocenters. The van der Waals surface area contributed by atoms with Crippen LogP contribution in [0.3, 0.4) is 0 Å². The third-order valence-electron chi connectivity index (χ3n) is 2.05. The van der Waals surface area contributed by atoms with Crippen molar-refractivity contribution in [3.05, 3.63) is 47.5 Å². The Morgan fingerprint density at radius 2 is 1.67 bits per heavy atom. The number of ether oxygens (including phenoxy) is 2. The van der Waals surface area contributed by atoms with E-state index in [0.717, 1.165) is 0 Å². The Bertz CT molecular complexity index is 516. The van der Waals surface area contributed by atoms with Crippen LogP contribution in [0.25, 0.3) is 0 Å². The van der Waals surface area contributed by atoms with Gasteiger partial charge in [0.05, 0.1) is 18.2 Å². The molecular weight excluding hydrogens is 236 g/mol. The first-order valence-corrected chi connectivity index (χ1v) is 5.06. The fraction of sp³-hybridized carbons (Fsp3) is 0.154. The van der Waals surface area contributed by atoms with Gasteiger partial charge in [0.1, 0.15) is 0 Å². The number of esters is 3. The molecule has 0 bridgehead atoms. The molecule has 0 spiro atoms. The predicted octanol–water partition coefficient (Wildman–Crippen LogP) is 1.73. The molecule has 94 valence electrons. The van der Waals surface area contributed by atoms with Crippen LogP contribution in [0.5, 0.6) is 0 Å². The fourth-order valence-electron chi connectivity index (χ4n) is 1.12. The zero-order valence-electron chi connectivity index (χ0n) is 10.1. The van der Waals surface area contributed by atoms with Crippen LogP contribution in [0.1, 0.15) is 27.6 Å². The highest BCUT2D eigenvalue weighted by molar-refractivity contribution is 6.02. The minimum Gasteiger partial charge on any atom is -0.465 e. The van der Waals surface area contributed by atoms with E-state index in [0.29, 0.717) is 0 Å². The molecule has 1 aromatic rings. The molecule has 0 saturated heterocycles. The molecular formula is C13H12O5. The van der Waals surface area contributed by atoms with Crippen LogP contribution in [-0.2, 0) is 14.3 Å². The van der Waals surface area contributed by atoms with Crippen molar-refractivity contribution in [2.24, 2.45) is 0 Å². The van der Waals surface area contributed by atoms with E-state index in [2.05, 4.69) is 16.1 Å². The van der Waals surface area contributed by atoms with Crippen molar-refractivity contribution in [1.82, 2.24) is 0 Å². The van der Waals surface area contributed by atoms with Crippen LogP contribution in [0, 0.1) is 0 Å². The smallest absolute Gasteiger partial charge is 0.346 e. The van der Waals surface area contributed by atoms with E-state index in [9.17, 15) is 14.4 Å². The number of carbonyl (C=O) groups excluding carboxylic acids is 3. The topological polar surface area (TPSA) is 69.7 Å². The van der Waals surface area contributed by atoms with Gasteiger partial charge in [0, 0.05) is 5.57 Å². The minimum absolute atomic E-state index is 0.0903. The zero-order valence-corrected chi connectivity index (χ0v) is 10.1. The van der Waals surface area contributed by atoms with Gasteiger partial charge in [-0.2, -0.15) is 0 Å². The minimum atomic E-state index is -0.839. The molecule has 0 radical (unpaired) electrons. The third kappa shape index (κ3) is 3.28. The molecule has 5 nitrogen and oxygen atoms in total. The molecule has 0 aliphatic heterocycles. The van der Waals surface area contributed by atoms with Crippen LogP contribution in [0.4, 0.5) is 0 Å². The Kier molecular flexibility index (Phi) is 4.37. The summed E-state index contributed by atoms with van der Waals surface area (Å²) in [7, 11) is 1.23. The average Bonchev–Trinajstić information content (AvgIpc) is 2.37. The van der Waals surface area contributed by atoms with Crippen molar-refractivity contribution in [1.29, 1.82) is 0 Å². The first-order chi connectivity index (χ1) is 8.45. The summed E-state index contributed by atoms with van der Waals surface area (Å²) in [6.07, 6.45) is 0. The van der Waals surface area contributed by atoms with Crippen molar-refractivity contribution in [3.8, 4) is 0 Å². The highest BCUT2D eigenvalue weighted by atomic mass is 16.6. The molecule has 0 saturated carbocycles. The number of hydrogen-bond donors (Lipinski definition) is 0. The second-order valence-electron chi connectivity index (χ2n) is 3.53. The predicted molar refractivity (Wildman–Crippen MR) is 63.0 cm³/mol. The Balaban J connectivity index is 2.90. The lowest BCUT2D eigenvalue weighted by molar-refractivity contribution is -0.133. The summed E-state index contributed by atoms with van der Waals surface area (Å²) in [5.74, 6) is -2.21. The molecule has 1 aromatic carbocycles. The molecule has 0 aromatic heterocycles. The molecule has 0 amide bonds. The number of carbonyl (C=O) groups is 3. The summed E-state index contributed by atoms with van der Waals surface area (Å²) in [4.78, 5) is 34.0. The monoisotopic (exact) mass is 248 g/mol. The van der Waals surface area contributed by atoms with Crippen LogP contribution >= 0.6 is 0 Å². The molecule has 0 aliphatic rings. The van der Waals surface area contributed by atoms with Gasteiger partial charge in [-0.25, -0.2) is 14.4 Å². The van der Waals surface area contributed by atoms with Crippen molar-refractivity contribution < 1.29 is 23.9 Å². The lowest BCUT2D eigenvalue weighted by Crippen LogP contribution is -2.13. The molecule has 5 heteroatoms. The van der Waals surface area contributed by atoms with Gasteiger partial charge >= 0.3 is 17.9 Å². The summed E-state index contributed by atoms with van der Waals surface area (Å²) in [6, 6.07) is 5.71. The van der Waals surface area contributed by atoms with Gasteiger partial charge in [-0.15, -0.1) is 0 Å². The SMILES string of the molecule is C=C(C)C(=O)OC(=O)c1cccc(C(=O)OC)c1. The summed E-state index contributed by atoms with van der Waals surface area (Å²) in [5, 5.41) is 0. The number of rotatable bonds is 3. The van der Waals surface area contributed by atoms with Crippen molar-refractivity contribution in [2.75, 3.05) is 7.11 Å². The molecule has 0 heterocycles. The highest BCUT2D eigenvalue weighted by Crippen LogP contribution is 2.09. The van der Waals surface area contributed by atoms with Crippen LogP contribution in [0.2, 0.25) is 0 Å². The molecule has 0 atom stereocenters. The van der Waals surface area contributed by atoms with E-state index in [4.69, 9.17) is 0 Å². The van der Waals surface area contributed by atoms with E-state index in [1.165, 1.54) is 38.3 Å². The Hall–Kier alpha value is -2.43. The van der Waals surface area contributed by atoms with Gasteiger partial charge in [0.2, 0.25) is 0 Å². The molecule has 0 N–H and O–H groups in total. The Morgan fingerprint density at radius 1 is 1.11 bits per heavy atom. The molecule has 0 fully saturated rings. The normalized spacial score (nSPS) is 9.44. The average molecular weight is 248 g/mol. The maximum atomic E-state index is 11.6. The number of hydrogen-bond acceptors (Lipinski definition) is 5. The maximum Gasteiger partial charge on any atom is 0.346 e. The van der Waals surface area contributed by atoms with Crippen LogP contribution < -0.4 is 0 Å². The Morgan fingerprint density at radius 3 is 2.17 bits per heavy atom. The summed E-state index contributed by atoms with van der Waals surface area (Å²) < 4.78 is 9.05. The molecule has 0 aliphatic carbocycles. The lowest BCUT2D eigenvalue weighted by atomic mass is 10.1. The van der Waals surface area contributed by atoms with Crippen molar-refractivity contribution in [3.63, 3.8) is 0 Å². The van der Waals surface area contributed by atoms with Gasteiger partial charge in [-0.3, -0.25) is 0 Å². The largest absolute Gasteiger partial charge is 0.465 e. The molecule has 1 rings (SSSR count). The van der Waals surface area contributed by atoms with E-state index >= 15 is 0 Å². The van der Waals surface area contributed by atoms with Crippen molar-refractivity contribution in [2.45, 2.75) is 6.92 Å². The third-order valence-corrected chi connectivity index (χ3v) is 2.05. The summed E-state index contributed by atoms with van der Waals surface area (Å²) in [6.45, 7) is 4.79. The lowest BCUT2D eigenvalue weighted by Gasteiger charge is -2.04. The van der Waals surface area contributed by atoms with E-state index < -0.39 is 17.9 Å². The first kappa shape index (κ1) is 13.6. The van der Waals surface area contributed by atoms with Gasteiger partial charge in [-0.05, 0) is 25.1 Å². The number of benzene rings is 1.